The molecular formula is C22H25N3O4S. The lowest BCUT2D eigenvalue weighted by Gasteiger charge is -2.33. The van der Waals surface area contributed by atoms with Crippen molar-refractivity contribution in [2.75, 3.05) is 11.4 Å². The zero-order valence-electron chi connectivity index (χ0n) is 16.9. The van der Waals surface area contributed by atoms with Gasteiger partial charge in [0.2, 0.25) is 5.91 Å². The van der Waals surface area contributed by atoms with Crippen LogP contribution in [0.1, 0.15) is 52.7 Å². The third kappa shape index (κ3) is 4.33. The summed E-state index contributed by atoms with van der Waals surface area (Å²) in [5.41, 5.74) is 6.83. The molecule has 2 heterocycles. The van der Waals surface area contributed by atoms with E-state index in [0.717, 1.165) is 25.7 Å². The maximum atomic E-state index is 12.6. The van der Waals surface area contributed by atoms with E-state index in [1.54, 1.807) is 18.2 Å². The van der Waals surface area contributed by atoms with Gasteiger partial charge in [-0.3, -0.25) is 25.2 Å². The maximum Gasteiger partial charge on any atom is 0.281 e. The maximum absolute atomic E-state index is 12.6. The molecule has 1 atom stereocenters. The molecular weight excluding hydrogens is 402 g/mol. The van der Waals surface area contributed by atoms with Gasteiger partial charge in [-0.1, -0.05) is 25.0 Å². The van der Waals surface area contributed by atoms with Crippen LogP contribution in [0.15, 0.2) is 30.3 Å². The molecule has 0 bridgehead atoms. The number of aryl methyl sites for hydroxylation is 2. The summed E-state index contributed by atoms with van der Waals surface area (Å²) in [6.45, 7) is 1.53. The highest BCUT2D eigenvalue weighted by atomic mass is 32.1. The number of benzene rings is 1. The molecule has 30 heavy (non-hydrogen) atoms. The first-order valence-electron chi connectivity index (χ1n) is 10.3. The standard InChI is InChI=1S/C22H25N3O4S/c1-14(26)25-13-18(29-17-10-7-6-9-16(17)25)21(27)23-24-22(28)20-12-15-8-4-2-3-5-11-19(15)30-20/h6-7,9-10,12,18H,2-5,8,11,13H2,1H3,(H,23,27)(H,24,28). The molecule has 4 rings (SSSR count). The third-order valence-corrected chi connectivity index (χ3v) is 6.70. The van der Waals surface area contributed by atoms with Crippen molar-refractivity contribution in [2.45, 2.75) is 51.6 Å². The Hall–Kier alpha value is -2.87. The third-order valence-electron chi connectivity index (χ3n) is 5.47. The van der Waals surface area contributed by atoms with Crippen molar-refractivity contribution in [1.29, 1.82) is 0 Å². The normalized spacial score (nSPS) is 18.2. The Morgan fingerprint density at radius 3 is 2.63 bits per heavy atom. The SMILES string of the molecule is CC(=O)N1CC(C(=O)NNC(=O)c2cc3c(s2)CCCCCC3)Oc2ccccc21. The molecule has 0 saturated heterocycles. The molecule has 1 aromatic carbocycles. The second-order valence-corrected chi connectivity index (χ2v) is 8.76. The number of hydrogen-bond acceptors (Lipinski definition) is 5. The number of fused-ring (bicyclic) bond motifs is 2. The van der Waals surface area contributed by atoms with E-state index in [1.165, 1.54) is 46.4 Å². The molecule has 3 amide bonds. The highest BCUT2D eigenvalue weighted by Crippen LogP contribution is 2.33. The molecule has 0 saturated carbocycles. The van der Waals surface area contributed by atoms with Crippen LogP contribution >= 0.6 is 11.3 Å². The summed E-state index contributed by atoms with van der Waals surface area (Å²) in [7, 11) is 0. The van der Waals surface area contributed by atoms with Gasteiger partial charge in [0.15, 0.2) is 6.10 Å². The molecule has 7 nitrogen and oxygen atoms in total. The van der Waals surface area contributed by atoms with Gasteiger partial charge in [0.05, 0.1) is 17.1 Å². The zero-order chi connectivity index (χ0) is 21.1. The molecule has 1 aliphatic heterocycles. The van der Waals surface area contributed by atoms with Crippen molar-refractivity contribution < 1.29 is 19.1 Å². The summed E-state index contributed by atoms with van der Waals surface area (Å²) >= 11 is 1.50. The number of nitrogens with zero attached hydrogens (tertiary/aromatic N) is 1. The fraction of sp³-hybridized carbons (Fsp3) is 0.409. The highest BCUT2D eigenvalue weighted by molar-refractivity contribution is 7.14. The van der Waals surface area contributed by atoms with Crippen molar-refractivity contribution >= 4 is 34.7 Å². The number of hydrazine groups is 1. The Balaban J connectivity index is 1.39. The van der Waals surface area contributed by atoms with E-state index in [9.17, 15) is 14.4 Å². The number of nitrogens with one attached hydrogen (secondary N) is 2. The average molecular weight is 428 g/mol. The molecule has 2 aromatic rings. The van der Waals surface area contributed by atoms with Crippen LogP contribution in [0, 0.1) is 0 Å². The molecule has 1 unspecified atom stereocenters. The van der Waals surface area contributed by atoms with Gasteiger partial charge in [-0.2, -0.15) is 0 Å². The first kappa shape index (κ1) is 20.4. The van der Waals surface area contributed by atoms with Gasteiger partial charge in [0.25, 0.3) is 11.8 Å². The van der Waals surface area contributed by atoms with Gasteiger partial charge in [-0.15, -0.1) is 11.3 Å². The summed E-state index contributed by atoms with van der Waals surface area (Å²) in [5.74, 6) is -0.550. The lowest BCUT2D eigenvalue weighted by atomic mass is 10.00. The van der Waals surface area contributed by atoms with Crippen LogP contribution < -0.4 is 20.5 Å². The number of carbonyl (C=O) groups is 3. The van der Waals surface area contributed by atoms with E-state index >= 15 is 0 Å². The van der Waals surface area contributed by atoms with E-state index in [1.807, 2.05) is 12.1 Å². The number of thiophene rings is 1. The number of hydrogen-bond donors (Lipinski definition) is 2. The summed E-state index contributed by atoms with van der Waals surface area (Å²) in [6.07, 6.45) is 5.86. The monoisotopic (exact) mass is 427 g/mol. The quantitative estimate of drug-likeness (QED) is 0.722. The number of ether oxygens (including phenoxy) is 1. The molecule has 2 N–H and O–H groups in total. The van der Waals surface area contributed by atoms with Crippen LogP contribution in [0.3, 0.4) is 0 Å². The van der Waals surface area contributed by atoms with Gasteiger partial charge in [0.1, 0.15) is 5.75 Å². The van der Waals surface area contributed by atoms with Crippen molar-refractivity contribution in [3.8, 4) is 5.75 Å². The second kappa shape index (κ2) is 8.87. The van der Waals surface area contributed by atoms with Gasteiger partial charge < -0.3 is 9.64 Å². The Kier molecular flexibility index (Phi) is 6.03. The Bertz CT molecular complexity index is 946. The summed E-state index contributed by atoms with van der Waals surface area (Å²) in [5, 5.41) is 0. The summed E-state index contributed by atoms with van der Waals surface area (Å²) < 4.78 is 5.75. The minimum absolute atomic E-state index is 0.0847. The molecule has 0 radical (unpaired) electrons. The van der Waals surface area contributed by atoms with Gasteiger partial charge in [-0.05, 0) is 49.4 Å². The molecule has 8 heteroatoms. The lowest BCUT2D eigenvalue weighted by molar-refractivity contribution is -0.129. The van der Waals surface area contributed by atoms with Crippen molar-refractivity contribution in [3.05, 3.63) is 45.6 Å². The number of rotatable bonds is 2. The Labute approximate surface area is 179 Å². The predicted molar refractivity (Wildman–Crippen MR) is 115 cm³/mol. The predicted octanol–water partition coefficient (Wildman–Crippen LogP) is 2.98. The lowest BCUT2D eigenvalue weighted by Crippen LogP contribution is -2.54. The molecule has 0 spiro atoms. The minimum atomic E-state index is -0.910. The fourth-order valence-corrected chi connectivity index (χ4v) is 5.03. The van der Waals surface area contributed by atoms with E-state index in [0.29, 0.717) is 16.3 Å². The number of para-hydroxylation sites is 2. The smallest absolute Gasteiger partial charge is 0.281 e. The topological polar surface area (TPSA) is 87.7 Å². The zero-order valence-corrected chi connectivity index (χ0v) is 17.7. The molecule has 2 aliphatic rings. The molecule has 0 fully saturated rings. The first-order valence-corrected chi connectivity index (χ1v) is 11.1. The highest BCUT2D eigenvalue weighted by Gasteiger charge is 2.32. The van der Waals surface area contributed by atoms with Crippen LogP contribution in [0.2, 0.25) is 0 Å². The number of anilines is 1. The fourth-order valence-electron chi connectivity index (χ4n) is 3.89. The molecule has 1 aliphatic carbocycles. The number of carbonyl (C=O) groups excluding carboxylic acids is 3. The Morgan fingerprint density at radius 1 is 1.07 bits per heavy atom. The molecule has 158 valence electrons. The second-order valence-electron chi connectivity index (χ2n) is 7.62. The van der Waals surface area contributed by atoms with E-state index < -0.39 is 12.0 Å². The Morgan fingerprint density at radius 2 is 1.83 bits per heavy atom. The van der Waals surface area contributed by atoms with Crippen LogP contribution in [0.5, 0.6) is 5.75 Å². The molecule has 1 aromatic heterocycles. The van der Waals surface area contributed by atoms with Crippen LogP contribution in [-0.2, 0) is 22.4 Å². The van der Waals surface area contributed by atoms with E-state index in [4.69, 9.17) is 4.74 Å². The van der Waals surface area contributed by atoms with E-state index in [2.05, 4.69) is 10.9 Å². The van der Waals surface area contributed by atoms with Crippen molar-refractivity contribution in [2.24, 2.45) is 0 Å². The van der Waals surface area contributed by atoms with Crippen molar-refractivity contribution in [1.82, 2.24) is 10.9 Å². The van der Waals surface area contributed by atoms with Gasteiger partial charge in [0, 0.05) is 11.8 Å². The minimum Gasteiger partial charge on any atom is -0.476 e. The largest absolute Gasteiger partial charge is 0.476 e. The van der Waals surface area contributed by atoms with Crippen LogP contribution in [0.4, 0.5) is 5.69 Å². The van der Waals surface area contributed by atoms with E-state index in [-0.39, 0.29) is 18.4 Å². The summed E-state index contributed by atoms with van der Waals surface area (Å²) in [4.78, 5) is 40.6. The first-order chi connectivity index (χ1) is 14.5. The van der Waals surface area contributed by atoms with Gasteiger partial charge in [-0.25, -0.2) is 0 Å². The van der Waals surface area contributed by atoms with Gasteiger partial charge >= 0.3 is 0 Å². The van der Waals surface area contributed by atoms with Crippen LogP contribution in [-0.4, -0.2) is 30.4 Å². The number of amides is 3. The summed E-state index contributed by atoms with van der Waals surface area (Å²) in [6, 6.07) is 9.02. The van der Waals surface area contributed by atoms with Crippen LogP contribution in [0.25, 0.3) is 0 Å². The average Bonchev–Trinajstić information content (AvgIpc) is 3.12. The van der Waals surface area contributed by atoms with Crippen molar-refractivity contribution in [3.63, 3.8) is 0 Å².